The smallest absolute Gasteiger partial charge is 0.151 e. The van der Waals surface area contributed by atoms with Gasteiger partial charge in [0.25, 0.3) is 0 Å². The number of hydrogen-bond acceptors (Lipinski definition) is 4. The van der Waals surface area contributed by atoms with Crippen molar-refractivity contribution in [1.29, 1.82) is 0 Å². The van der Waals surface area contributed by atoms with Crippen LogP contribution in [0.2, 0.25) is 0 Å². The number of hydrogen-bond donors (Lipinski definition) is 1. The second kappa shape index (κ2) is 8.22. The van der Waals surface area contributed by atoms with Gasteiger partial charge in [-0.2, -0.15) is 0 Å². The summed E-state index contributed by atoms with van der Waals surface area (Å²) in [5.41, 5.74) is 0. The molecule has 1 fully saturated rings. The van der Waals surface area contributed by atoms with Gasteiger partial charge >= 0.3 is 0 Å². The first-order valence-corrected chi connectivity index (χ1v) is 9.49. The lowest BCUT2D eigenvalue weighted by molar-refractivity contribution is 0.232. The van der Waals surface area contributed by atoms with E-state index in [1.165, 1.54) is 12.8 Å². The van der Waals surface area contributed by atoms with Crippen molar-refractivity contribution >= 4 is 9.84 Å². The van der Waals surface area contributed by atoms with Crippen LogP contribution >= 0.6 is 0 Å². The molecule has 1 aliphatic rings. The largest absolute Gasteiger partial charge is 0.312 e. The normalized spacial score (nSPS) is 22.5. The molecule has 114 valence electrons. The summed E-state index contributed by atoms with van der Waals surface area (Å²) < 4.78 is 22.7. The molecule has 0 aromatic carbocycles. The van der Waals surface area contributed by atoms with Crippen molar-refractivity contribution in [3.63, 3.8) is 0 Å². The molecular formula is C14H30N2O2S. The monoisotopic (exact) mass is 290 g/mol. The predicted octanol–water partition coefficient (Wildman–Crippen LogP) is 1.52. The zero-order valence-corrected chi connectivity index (χ0v) is 13.5. The van der Waals surface area contributed by atoms with Gasteiger partial charge in [-0.1, -0.05) is 33.6 Å². The Kier molecular flexibility index (Phi) is 7.32. The van der Waals surface area contributed by atoms with Crippen LogP contribution in [0.4, 0.5) is 0 Å². The van der Waals surface area contributed by atoms with E-state index in [1.54, 1.807) is 0 Å². The van der Waals surface area contributed by atoms with Crippen LogP contribution in [0.3, 0.4) is 0 Å². The minimum absolute atomic E-state index is 0.178. The van der Waals surface area contributed by atoms with E-state index in [2.05, 4.69) is 31.0 Å². The average molecular weight is 290 g/mol. The molecule has 0 aliphatic carbocycles. The van der Waals surface area contributed by atoms with Crippen LogP contribution in [0.1, 0.15) is 40.0 Å². The molecule has 4 nitrogen and oxygen atoms in total. The molecule has 5 heteroatoms. The predicted molar refractivity (Wildman–Crippen MR) is 81.2 cm³/mol. The summed E-state index contributed by atoms with van der Waals surface area (Å²) in [7, 11) is -2.75. The SMILES string of the molecule is CCC(CC)CN(CC)CCNC1CCS(=O)(=O)C1. The highest BCUT2D eigenvalue weighted by Gasteiger charge is 2.27. The Morgan fingerprint density at radius 2 is 1.95 bits per heavy atom. The van der Waals surface area contributed by atoms with Crippen LogP contribution in [-0.4, -0.2) is 57.0 Å². The molecular weight excluding hydrogens is 260 g/mol. The fourth-order valence-electron chi connectivity index (χ4n) is 2.67. The summed E-state index contributed by atoms with van der Waals surface area (Å²) in [6.45, 7) is 10.8. The van der Waals surface area contributed by atoms with E-state index in [-0.39, 0.29) is 6.04 Å². The molecule has 1 N–H and O–H groups in total. The highest BCUT2D eigenvalue weighted by molar-refractivity contribution is 7.91. The van der Waals surface area contributed by atoms with Gasteiger partial charge in [-0.25, -0.2) is 8.42 Å². The molecule has 0 amide bonds. The van der Waals surface area contributed by atoms with Crippen molar-refractivity contribution in [2.45, 2.75) is 46.1 Å². The van der Waals surface area contributed by atoms with E-state index in [4.69, 9.17) is 0 Å². The first kappa shape index (κ1) is 16.9. The zero-order valence-electron chi connectivity index (χ0n) is 12.7. The van der Waals surface area contributed by atoms with Gasteiger partial charge in [0.1, 0.15) is 0 Å². The molecule has 0 radical (unpaired) electrons. The molecule has 0 spiro atoms. The quantitative estimate of drug-likeness (QED) is 0.699. The summed E-state index contributed by atoms with van der Waals surface area (Å²) in [5.74, 6) is 1.47. The van der Waals surface area contributed by atoms with Gasteiger partial charge in [0.15, 0.2) is 9.84 Å². The van der Waals surface area contributed by atoms with E-state index in [1.807, 2.05) is 0 Å². The summed E-state index contributed by atoms with van der Waals surface area (Å²) in [6, 6.07) is 0.178. The van der Waals surface area contributed by atoms with Crippen LogP contribution in [-0.2, 0) is 9.84 Å². The van der Waals surface area contributed by atoms with Gasteiger partial charge in [0.2, 0.25) is 0 Å². The van der Waals surface area contributed by atoms with Gasteiger partial charge in [0.05, 0.1) is 11.5 Å². The molecule has 0 aromatic heterocycles. The highest BCUT2D eigenvalue weighted by atomic mass is 32.2. The highest BCUT2D eigenvalue weighted by Crippen LogP contribution is 2.11. The molecule has 1 rings (SSSR count). The second-order valence-electron chi connectivity index (χ2n) is 5.63. The Morgan fingerprint density at radius 1 is 1.26 bits per heavy atom. The third-order valence-electron chi connectivity index (χ3n) is 4.21. The van der Waals surface area contributed by atoms with Crippen LogP contribution < -0.4 is 5.32 Å². The van der Waals surface area contributed by atoms with Gasteiger partial charge in [0, 0.05) is 25.7 Å². The Balaban J connectivity index is 2.23. The Labute approximate surface area is 118 Å². The summed E-state index contributed by atoms with van der Waals surface area (Å²) in [5, 5.41) is 3.39. The number of rotatable bonds is 9. The topological polar surface area (TPSA) is 49.4 Å². The molecule has 0 aromatic rings. The zero-order chi connectivity index (χ0) is 14.3. The molecule has 0 saturated carbocycles. The maximum absolute atomic E-state index is 11.4. The lowest BCUT2D eigenvalue weighted by Gasteiger charge is -2.25. The summed E-state index contributed by atoms with van der Waals surface area (Å²) in [4.78, 5) is 2.47. The van der Waals surface area contributed by atoms with Gasteiger partial charge < -0.3 is 10.2 Å². The molecule has 1 heterocycles. The number of nitrogens with one attached hydrogen (secondary N) is 1. The van der Waals surface area contributed by atoms with Crippen molar-refractivity contribution in [3.05, 3.63) is 0 Å². The van der Waals surface area contributed by atoms with Crippen molar-refractivity contribution in [3.8, 4) is 0 Å². The number of nitrogens with zero attached hydrogens (tertiary/aromatic N) is 1. The summed E-state index contributed by atoms with van der Waals surface area (Å²) >= 11 is 0. The van der Waals surface area contributed by atoms with Crippen LogP contribution in [0.5, 0.6) is 0 Å². The third-order valence-corrected chi connectivity index (χ3v) is 5.98. The van der Waals surface area contributed by atoms with Gasteiger partial charge in [-0.3, -0.25) is 0 Å². The van der Waals surface area contributed by atoms with Crippen molar-refractivity contribution in [1.82, 2.24) is 10.2 Å². The van der Waals surface area contributed by atoms with Crippen LogP contribution in [0.25, 0.3) is 0 Å². The molecule has 1 unspecified atom stereocenters. The Morgan fingerprint density at radius 3 is 2.42 bits per heavy atom. The van der Waals surface area contributed by atoms with E-state index in [0.717, 1.165) is 38.5 Å². The van der Waals surface area contributed by atoms with Gasteiger partial charge in [-0.05, 0) is 18.9 Å². The maximum atomic E-state index is 11.4. The first-order valence-electron chi connectivity index (χ1n) is 7.66. The van der Waals surface area contributed by atoms with Crippen LogP contribution in [0.15, 0.2) is 0 Å². The van der Waals surface area contributed by atoms with E-state index < -0.39 is 9.84 Å². The molecule has 1 aliphatic heterocycles. The minimum Gasteiger partial charge on any atom is -0.312 e. The fourth-order valence-corrected chi connectivity index (χ4v) is 4.38. The molecule has 0 bridgehead atoms. The maximum Gasteiger partial charge on any atom is 0.151 e. The van der Waals surface area contributed by atoms with Crippen LogP contribution in [0, 0.1) is 5.92 Å². The molecule has 1 saturated heterocycles. The van der Waals surface area contributed by atoms with E-state index in [0.29, 0.717) is 11.5 Å². The lowest BCUT2D eigenvalue weighted by atomic mass is 10.0. The number of sulfone groups is 1. The van der Waals surface area contributed by atoms with Crippen molar-refractivity contribution in [2.75, 3.05) is 37.7 Å². The molecule has 19 heavy (non-hydrogen) atoms. The average Bonchev–Trinajstić information content (AvgIpc) is 2.73. The third kappa shape index (κ3) is 6.23. The Bertz CT molecular complexity index is 339. The first-order chi connectivity index (χ1) is 9.00. The lowest BCUT2D eigenvalue weighted by Crippen LogP contribution is -2.39. The minimum atomic E-state index is -2.75. The van der Waals surface area contributed by atoms with E-state index in [9.17, 15) is 8.42 Å². The van der Waals surface area contributed by atoms with E-state index >= 15 is 0 Å². The molecule has 1 atom stereocenters. The number of likely N-dealkylation sites (N-methyl/N-ethyl adjacent to an activating group) is 1. The van der Waals surface area contributed by atoms with Gasteiger partial charge in [-0.15, -0.1) is 0 Å². The Hall–Kier alpha value is -0.130. The van der Waals surface area contributed by atoms with Crippen molar-refractivity contribution < 1.29 is 8.42 Å². The fraction of sp³-hybridized carbons (Fsp3) is 1.00. The standard InChI is InChI=1S/C14H30N2O2S/c1-4-13(5-2)11-16(6-3)9-8-15-14-7-10-19(17,18)12-14/h13-15H,4-12H2,1-3H3. The summed E-state index contributed by atoms with van der Waals surface area (Å²) in [6.07, 6.45) is 3.25. The van der Waals surface area contributed by atoms with Crippen molar-refractivity contribution in [2.24, 2.45) is 5.92 Å². The second-order valence-corrected chi connectivity index (χ2v) is 7.86.